The highest BCUT2D eigenvalue weighted by molar-refractivity contribution is 7.89. The van der Waals surface area contributed by atoms with Crippen LogP contribution in [0.2, 0.25) is 0 Å². The highest BCUT2D eigenvalue weighted by Crippen LogP contribution is 2.25. The molecule has 0 saturated carbocycles. The van der Waals surface area contributed by atoms with E-state index in [1.165, 1.54) is 10.5 Å². The number of sulfonamides is 1. The number of rotatable bonds is 3. The third-order valence-corrected chi connectivity index (χ3v) is 6.37. The van der Waals surface area contributed by atoms with E-state index in [0.29, 0.717) is 49.6 Å². The smallest absolute Gasteiger partial charge is 0.248 e. The Morgan fingerprint density at radius 3 is 2.60 bits per heavy atom. The third-order valence-electron chi connectivity index (χ3n) is 4.22. The number of aryl methyl sites for hydroxylation is 2. The molecule has 1 aliphatic heterocycles. The van der Waals surface area contributed by atoms with Crippen LogP contribution in [0.25, 0.3) is 0 Å². The van der Waals surface area contributed by atoms with Gasteiger partial charge in [-0.15, -0.1) is 0 Å². The van der Waals surface area contributed by atoms with Crippen LogP contribution >= 0.6 is 0 Å². The van der Waals surface area contributed by atoms with Gasteiger partial charge in [0, 0.05) is 32.4 Å². The molecule has 3 rings (SSSR count). The summed E-state index contributed by atoms with van der Waals surface area (Å²) < 4.78 is 32.3. The maximum atomic E-state index is 12.9. The number of anilines is 1. The molecule has 9 heteroatoms. The summed E-state index contributed by atoms with van der Waals surface area (Å²) in [5.41, 5.74) is 0.883. The number of nitriles is 1. The van der Waals surface area contributed by atoms with Crippen LogP contribution in [0.4, 0.5) is 5.82 Å². The molecule has 1 saturated heterocycles. The van der Waals surface area contributed by atoms with E-state index >= 15 is 0 Å². The molecule has 0 radical (unpaired) electrons. The molecule has 2 aromatic heterocycles. The van der Waals surface area contributed by atoms with Crippen molar-refractivity contribution in [3.8, 4) is 6.07 Å². The van der Waals surface area contributed by atoms with Crippen molar-refractivity contribution in [2.24, 2.45) is 0 Å². The lowest BCUT2D eigenvalue weighted by Gasteiger charge is -2.22. The van der Waals surface area contributed by atoms with Gasteiger partial charge in [0.1, 0.15) is 22.5 Å². The van der Waals surface area contributed by atoms with Crippen LogP contribution in [0.3, 0.4) is 0 Å². The molecule has 0 unspecified atom stereocenters. The Morgan fingerprint density at radius 2 is 2.00 bits per heavy atom. The minimum absolute atomic E-state index is 0.164. The summed E-state index contributed by atoms with van der Waals surface area (Å²) in [5, 5.41) is 12.6. The van der Waals surface area contributed by atoms with Crippen LogP contribution in [0.5, 0.6) is 0 Å². The minimum Gasteiger partial charge on any atom is -0.360 e. The third kappa shape index (κ3) is 3.36. The number of hydrogen-bond acceptors (Lipinski definition) is 7. The minimum atomic E-state index is -3.63. The monoisotopic (exact) mass is 361 g/mol. The zero-order valence-electron chi connectivity index (χ0n) is 14.1. The van der Waals surface area contributed by atoms with Crippen LogP contribution in [-0.4, -0.2) is 49.0 Å². The second kappa shape index (κ2) is 6.82. The molecule has 1 aliphatic rings. The highest BCUT2D eigenvalue weighted by atomic mass is 32.2. The molecular weight excluding hydrogens is 342 g/mol. The first kappa shape index (κ1) is 17.4. The van der Waals surface area contributed by atoms with Crippen LogP contribution < -0.4 is 4.90 Å². The second-order valence-corrected chi connectivity index (χ2v) is 7.79. The van der Waals surface area contributed by atoms with Crippen LogP contribution in [0.15, 0.2) is 27.7 Å². The van der Waals surface area contributed by atoms with Gasteiger partial charge in [0.05, 0.1) is 5.56 Å². The molecular formula is C16H19N5O3S. The van der Waals surface area contributed by atoms with Gasteiger partial charge in [0.15, 0.2) is 5.76 Å². The van der Waals surface area contributed by atoms with E-state index in [1.807, 2.05) is 11.0 Å². The van der Waals surface area contributed by atoms with Crippen molar-refractivity contribution < 1.29 is 12.9 Å². The maximum Gasteiger partial charge on any atom is 0.248 e. The Kier molecular flexibility index (Phi) is 4.74. The van der Waals surface area contributed by atoms with E-state index in [0.717, 1.165) is 5.82 Å². The molecule has 8 nitrogen and oxygen atoms in total. The van der Waals surface area contributed by atoms with Crippen molar-refractivity contribution in [3.63, 3.8) is 0 Å². The zero-order chi connectivity index (χ0) is 18.0. The van der Waals surface area contributed by atoms with E-state index in [4.69, 9.17) is 9.78 Å². The lowest BCUT2D eigenvalue weighted by atomic mass is 10.3. The van der Waals surface area contributed by atoms with E-state index in [-0.39, 0.29) is 4.90 Å². The largest absolute Gasteiger partial charge is 0.360 e. The van der Waals surface area contributed by atoms with Crippen LogP contribution in [0.1, 0.15) is 23.4 Å². The van der Waals surface area contributed by atoms with E-state index in [1.54, 1.807) is 26.0 Å². The molecule has 0 N–H and O–H groups in total. The van der Waals surface area contributed by atoms with Crippen molar-refractivity contribution in [1.82, 2.24) is 14.4 Å². The molecule has 1 fully saturated rings. The number of hydrogen-bond donors (Lipinski definition) is 0. The number of nitrogens with zero attached hydrogens (tertiary/aromatic N) is 5. The van der Waals surface area contributed by atoms with Gasteiger partial charge in [-0.3, -0.25) is 0 Å². The Balaban J connectivity index is 1.78. The van der Waals surface area contributed by atoms with Crippen molar-refractivity contribution in [3.05, 3.63) is 35.3 Å². The first-order chi connectivity index (χ1) is 11.9. The molecule has 0 atom stereocenters. The van der Waals surface area contributed by atoms with Gasteiger partial charge in [-0.05, 0) is 32.4 Å². The standard InChI is InChI=1S/C16H19N5O3S/c1-12-16(13(2)24-19-12)25(22,23)21-7-3-6-20(8-9-21)15-5-4-14(10-17)11-18-15/h4-5,11H,3,6-9H2,1-2H3. The fourth-order valence-electron chi connectivity index (χ4n) is 2.97. The number of pyridine rings is 1. The summed E-state index contributed by atoms with van der Waals surface area (Å²) in [5.74, 6) is 1.06. The van der Waals surface area contributed by atoms with Gasteiger partial charge in [-0.2, -0.15) is 9.57 Å². The maximum absolute atomic E-state index is 12.9. The Bertz CT molecular complexity index is 879. The Hall–Kier alpha value is -2.44. The molecule has 132 valence electrons. The Labute approximate surface area is 146 Å². The SMILES string of the molecule is Cc1noc(C)c1S(=O)(=O)N1CCCN(c2ccc(C#N)cn2)CC1. The lowest BCUT2D eigenvalue weighted by molar-refractivity contribution is 0.389. The van der Waals surface area contributed by atoms with Crippen molar-refractivity contribution in [2.45, 2.75) is 25.2 Å². The van der Waals surface area contributed by atoms with E-state index in [2.05, 4.69) is 10.1 Å². The summed E-state index contributed by atoms with van der Waals surface area (Å²) in [6.07, 6.45) is 2.21. The quantitative estimate of drug-likeness (QED) is 0.815. The predicted molar refractivity (Wildman–Crippen MR) is 90.5 cm³/mol. The zero-order valence-corrected chi connectivity index (χ0v) is 15.0. The van der Waals surface area contributed by atoms with Crippen molar-refractivity contribution in [1.29, 1.82) is 5.26 Å². The summed E-state index contributed by atoms with van der Waals surface area (Å²) >= 11 is 0. The normalized spacial score (nSPS) is 16.4. The molecule has 25 heavy (non-hydrogen) atoms. The van der Waals surface area contributed by atoms with E-state index in [9.17, 15) is 8.42 Å². The van der Waals surface area contributed by atoms with Crippen molar-refractivity contribution in [2.75, 3.05) is 31.1 Å². The fourth-order valence-corrected chi connectivity index (χ4v) is 4.74. The molecule has 0 aliphatic carbocycles. The predicted octanol–water partition coefficient (Wildman–Crippen LogP) is 1.46. The van der Waals surface area contributed by atoms with Crippen LogP contribution in [0, 0.1) is 25.2 Å². The first-order valence-electron chi connectivity index (χ1n) is 7.97. The average Bonchev–Trinajstić information content (AvgIpc) is 2.81. The second-order valence-electron chi connectivity index (χ2n) is 5.91. The van der Waals surface area contributed by atoms with Gasteiger partial charge in [0.25, 0.3) is 0 Å². The topological polar surface area (TPSA) is 103 Å². The van der Waals surface area contributed by atoms with Crippen molar-refractivity contribution >= 4 is 15.8 Å². The van der Waals surface area contributed by atoms with Crippen LogP contribution in [-0.2, 0) is 10.0 Å². The molecule has 0 amide bonds. The first-order valence-corrected chi connectivity index (χ1v) is 9.41. The molecule has 0 aromatic carbocycles. The summed E-state index contributed by atoms with van der Waals surface area (Å²) in [6, 6.07) is 5.54. The van der Waals surface area contributed by atoms with Gasteiger partial charge in [-0.25, -0.2) is 13.4 Å². The fraction of sp³-hybridized carbons (Fsp3) is 0.438. The summed E-state index contributed by atoms with van der Waals surface area (Å²) in [7, 11) is -3.63. The van der Waals surface area contributed by atoms with Gasteiger partial charge >= 0.3 is 0 Å². The summed E-state index contributed by atoms with van der Waals surface area (Å²) in [4.78, 5) is 6.49. The highest BCUT2D eigenvalue weighted by Gasteiger charge is 2.32. The summed E-state index contributed by atoms with van der Waals surface area (Å²) in [6.45, 7) is 5.26. The molecule has 2 aromatic rings. The molecule has 3 heterocycles. The van der Waals surface area contributed by atoms with Gasteiger partial charge in [0.2, 0.25) is 10.0 Å². The average molecular weight is 361 g/mol. The van der Waals surface area contributed by atoms with E-state index < -0.39 is 10.0 Å². The molecule has 0 spiro atoms. The molecule has 0 bridgehead atoms. The van der Waals surface area contributed by atoms with Gasteiger partial charge < -0.3 is 9.42 Å². The lowest BCUT2D eigenvalue weighted by Crippen LogP contribution is -2.35. The number of aromatic nitrogens is 2. The van der Waals surface area contributed by atoms with Gasteiger partial charge in [-0.1, -0.05) is 5.16 Å². The Morgan fingerprint density at radius 1 is 1.20 bits per heavy atom.